The van der Waals surface area contributed by atoms with Gasteiger partial charge in [0.1, 0.15) is 29.4 Å². The third-order valence-electron chi connectivity index (χ3n) is 5.46. The highest BCUT2D eigenvalue weighted by Crippen LogP contribution is 2.36. The number of nitrogens with two attached hydrogens (primary N) is 1. The molecule has 1 fully saturated rings. The summed E-state index contributed by atoms with van der Waals surface area (Å²) < 4.78 is 22.4. The Bertz CT molecular complexity index is 1360. The highest BCUT2D eigenvalue weighted by atomic mass is 19.1. The summed E-state index contributed by atoms with van der Waals surface area (Å²) in [6.07, 6.45) is 6.36. The van der Waals surface area contributed by atoms with E-state index >= 15 is 4.39 Å². The molecule has 5 rings (SSSR count). The second-order valence-corrected chi connectivity index (χ2v) is 7.46. The number of amides is 1. The highest BCUT2D eigenvalue weighted by molar-refractivity contribution is 5.98. The van der Waals surface area contributed by atoms with Crippen molar-refractivity contribution in [1.29, 1.82) is 0 Å². The van der Waals surface area contributed by atoms with Gasteiger partial charge in [0.25, 0.3) is 0 Å². The lowest BCUT2D eigenvalue weighted by Crippen LogP contribution is -2.27. The number of benzene rings is 1. The Morgan fingerprint density at radius 2 is 2.06 bits per heavy atom. The Hall–Kier alpha value is -4.41. The van der Waals surface area contributed by atoms with Crippen molar-refractivity contribution in [2.24, 2.45) is 0 Å². The molecule has 0 aliphatic carbocycles. The van der Waals surface area contributed by atoms with Crippen molar-refractivity contribution in [3.8, 4) is 23.0 Å². The Morgan fingerprint density at radius 3 is 2.82 bits per heavy atom. The van der Waals surface area contributed by atoms with E-state index in [9.17, 15) is 4.79 Å². The maximum absolute atomic E-state index is 15.2. The van der Waals surface area contributed by atoms with Gasteiger partial charge in [0.2, 0.25) is 5.91 Å². The van der Waals surface area contributed by atoms with Crippen molar-refractivity contribution in [3.63, 3.8) is 0 Å². The zero-order chi connectivity index (χ0) is 22.9. The fraction of sp³-hybridized carbons (Fsp3) is 0.182. The molecule has 1 atom stereocenters. The number of rotatable bonds is 5. The second-order valence-electron chi connectivity index (χ2n) is 7.46. The minimum atomic E-state index is -0.562. The van der Waals surface area contributed by atoms with Crippen LogP contribution in [0.3, 0.4) is 0 Å². The lowest BCUT2D eigenvalue weighted by molar-refractivity contribution is -0.125. The van der Waals surface area contributed by atoms with Crippen LogP contribution in [0.4, 0.5) is 10.2 Å². The van der Waals surface area contributed by atoms with E-state index in [-0.39, 0.29) is 35.1 Å². The molecule has 4 aromatic rings. The minimum Gasteiger partial charge on any atom is -0.424 e. The predicted molar refractivity (Wildman–Crippen MR) is 118 cm³/mol. The molecule has 1 aliphatic heterocycles. The number of nitrogens with zero attached hydrogens (tertiary/aromatic N) is 7. The van der Waals surface area contributed by atoms with Crippen LogP contribution in [-0.4, -0.2) is 53.6 Å². The quantitative estimate of drug-likeness (QED) is 0.464. The monoisotopic (exact) mass is 446 g/mol. The van der Waals surface area contributed by atoms with E-state index in [1.165, 1.54) is 30.9 Å². The predicted octanol–water partition coefficient (Wildman–Crippen LogP) is 2.76. The molecule has 3 aromatic heterocycles. The third kappa shape index (κ3) is 3.73. The molecule has 2 N–H and O–H groups in total. The number of hydrogen-bond donors (Lipinski definition) is 1. The van der Waals surface area contributed by atoms with Crippen molar-refractivity contribution in [3.05, 3.63) is 61.5 Å². The number of carbonyl (C=O) groups excluding carboxylic acids is 1. The molecular formula is C22H19FN8O2. The molecule has 1 amide bonds. The molecule has 1 saturated heterocycles. The van der Waals surface area contributed by atoms with Gasteiger partial charge in [-0.25, -0.2) is 29.0 Å². The zero-order valence-corrected chi connectivity index (χ0v) is 17.4. The first-order valence-corrected chi connectivity index (χ1v) is 10.2. The number of aromatic nitrogens is 6. The van der Waals surface area contributed by atoms with Gasteiger partial charge >= 0.3 is 6.01 Å². The van der Waals surface area contributed by atoms with E-state index in [4.69, 9.17) is 10.5 Å². The van der Waals surface area contributed by atoms with Crippen LogP contribution in [0.15, 0.2) is 55.6 Å². The van der Waals surface area contributed by atoms with Crippen LogP contribution in [0, 0.1) is 5.82 Å². The number of nitrogen functional groups attached to an aromatic ring is 1. The van der Waals surface area contributed by atoms with Crippen LogP contribution in [0.2, 0.25) is 0 Å². The van der Waals surface area contributed by atoms with E-state index < -0.39 is 5.82 Å². The van der Waals surface area contributed by atoms with Crippen molar-refractivity contribution < 1.29 is 13.9 Å². The van der Waals surface area contributed by atoms with Crippen LogP contribution in [0.5, 0.6) is 11.8 Å². The number of ether oxygens (including phenoxy) is 1. The Balaban J connectivity index is 1.54. The summed E-state index contributed by atoms with van der Waals surface area (Å²) in [6.45, 7) is 4.55. The average molecular weight is 446 g/mol. The fourth-order valence-electron chi connectivity index (χ4n) is 3.90. The molecule has 33 heavy (non-hydrogen) atoms. The van der Waals surface area contributed by atoms with Crippen molar-refractivity contribution in [2.75, 3.05) is 18.8 Å². The van der Waals surface area contributed by atoms with Crippen LogP contribution < -0.4 is 10.5 Å². The summed E-state index contributed by atoms with van der Waals surface area (Å²) in [5.74, 6) is -0.277. The van der Waals surface area contributed by atoms with Gasteiger partial charge in [-0.3, -0.25) is 4.79 Å². The molecule has 0 radical (unpaired) electrons. The number of anilines is 1. The third-order valence-corrected chi connectivity index (χ3v) is 5.46. The van der Waals surface area contributed by atoms with Gasteiger partial charge in [0.15, 0.2) is 5.65 Å². The first kappa shape index (κ1) is 20.5. The standard InChI is InChI=1S/C22H19FN8O2/c1-2-17(32)30-9-6-13(11-30)31-21-18(20(24)27-12-28-21)19(29-31)15-5-4-14(10-16(15)23)33-22-25-7-3-8-26-22/h2-5,7-8,10,12-13H,1,6,9,11H2,(H2,24,27,28). The molecule has 0 saturated carbocycles. The normalized spacial score (nSPS) is 15.7. The number of likely N-dealkylation sites (tertiary alicyclic amines) is 1. The van der Waals surface area contributed by atoms with Crippen LogP contribution >= 0.6 is 0 Å². The molecule has 1 unspecified atom stereocenters. The van der Waals surface area contributed by atoms with Gasteiger partial charge in [0, 0.05) is 37.1 Å². The molecule has 0 bridgehead atoms. The van der Waals surface area contributed by atoms with Crippen LogP contribution in [0.1, 0.15) is 12.5 Å². The molecule has 10 nitrogen and oxygen atoms in total. The van der Waals surface area contributed by atoms with Crippen LogP contribution in [0.25, 0.3) is 22.3 Å². The topological polar surface area (TPSA) is 125 Å². The average Bonchev–Trinajstić information content (AvgIpc) is 3.45. The number of hydrogen-bond acceptors (Lipinski definition) is 8. The zero-order valence-electron chi connectivity index (χ0n) is 17.4. The van der Waals surface area contributed by atoms with Gasteiger partial charge < -0.3 is 15.4 Å². The summed E-state index contributed by atoms with van der Waals surface area (Å²) in [6, 6.07) is 6.00. The van der Waals surface area contributed by atoms with E-state index in [1.54, 1.807) is 27.8 Å². The van der Waals surface area contributed by atoms with Gasteiger partial charge in [-0.1, -0.05) is 6.58 Å². The number of fused-ring (bicyclic) bond motifs is 1. The maximum Gasteiger partial charge on any atom is 0.321 e. The second kappa shape index (κ2) is 8.26. The lowest BCUT2D eigenvalue weighted by atomic mass is 10.1. The SMILES string of the molecule is C=CC(=O)N1CCC(n2nc(-c3ccc(Oc4ncccn4)cc3F)c3c(N)ncnc32)C1. The van der Waals surface area contributed by atoms with Crippen LogP contribution in [-0.2, 0) is 4.79 Å². The molecule has 166 valence electrons. The Kier molecular flexibility index (Phi) is 5.13. The van der Waals surface area contributed by atoms with E-state index in [0.29, 0.717) is 36.2 Å². The van der Waals surface area contributed by atoms with Crippen molar-refractivity contribution in [1.82, 2.24) is 34.6 Å². The molecule has 1 aromatic carbocycles. The van der Waals surface area contributed by atoms with Gasteiger partial charge in [-0.05, 0) is 30.7 Å². The molecule has 4 heterocycles. The number of halogens is 1. The first-order valence-electron chi connectivity index (χ1n) is 10.2. The van der Waals surface area contributed by atoms with Gasteiger partial charge in [-0.2, -0.15) is 5.10 Å². The highest BCUT2D eigenvalue weighted by Gasteiger charge is 2.30. The van der Waals surface area contributed by atoms with Gasteiger partial charge in [0.05, 0.1) is 11.4 Å². The summed E-state index contributed by atoms with van der Waals surface area (Å²) in [4.78, 5) is 30.0. The fourth-order valence-corrected chi connectivity index (χ4v) is 3.90. The molecule has 11 heteroatoms. The Morgan fingerprint density at radius 1 is 1.24 bits per heavy atom. The van der Waals surface area contributed by atoms with Crippen molar-refractivity contribution in [2.45, 2.75) is 12.5 Å². The smallest absolute Gasteiger partial charge is 0.321 e. The lowest BCUT2D eigenvalue weighted by Gasteiger charge is -2.14. The molecule has 1 aliphatic rings. The molecular weight excluding hydrogens is 427 g/mol. The van der Waals surface area contributed by atoms with Gasteiger partial charge in [-0.15, -0.1) is 0 Å². The van der Waals surface area contributed by atoms with E-state index in [2.05, 4.69) is 31.6 Å². The van der Waals surface area contributed by atoms with E-state index in [1.807, 2.05) is 0 Å². The Labute approximate surface area is 187 Å². The van der Waals surface area contributed by atoms with Crippen molar-refractivity contribution >= 4 is 22.8 Å². The first-order chi connectivity index (χ1) is 16.0. The summed E-state index contributed by atoms with van der Waals surface area (Å²) in [5, 5.41) is 5.11. The summed E-state index contributed by atoms with van der Waals surface area (Å²) in [7, 11) is 0. The van der Waals surface area contributed by atoms with E-state index in [0.717, 1.165) is 0 Å². The minimum absolute atomic E-state index is 0.108. The maximum atomic E-state index is 15.2. The molecule has 0 spiro atoms. The summed E-state index contributed by atoms with van der Waals surface area (Å²) >= 11 is 0. The largest absolute Gasteiger partial charge is 0.424 e. The number of carbonyl (C=O) groups is 1. The summed E-state index contributed by atoms with van der Waals surface area (Å²) in [5.41, 5.74) is 7.16.